The fourth-order valence-electron chi connectivity index (χ4n) is 2.49. The molecule has 0 fully saturated rings. The van der Waals surface area contributed by atoms with E-state index in [9.17, 15) is 4.79 Å². The molecule has 0 saturated carbocycles. The number of carbonyl (C=O) groups is 1. The normalized spacial score (nSPS) is 13.2. The number of ether oxygens (including phenoxy) is 3. The van der Waals surface area contributed by atoms with Crippen LogP contribution in [-0.2, 0) is 14.2 Å². The van der Waals surface area contributed by atoms with Crippen molar-refractivity contribution >= 4 is 23.5 Å². The topological polar surface area (TPSA) is 94.6 Å². The first-order valence-corrected chi connectivity index (χ1v) is 11.0. The predicted molar refractivity (Wildman–Crippen MR) is 122 cm³/mol. The summed E-state index contributed by atoms with van der Waals surface area (Å²) in [6.45, 7) is 14.7. The van der Waals surface area contributed by atoms with Crippen LogP contribution >= 0.6 is 11.6 Å². The van der Waals surface area contributed by atoms with Gasteiger partial charge in [-0.2, -0.15) is 4.98 Å². The second kappa shape index (κ2) is 13.4. The Morgan fingerprint density at radius 3 is 2.42 bits per heavy atom. The van der Waals surface area contributed by atoms with Crippen molar-refractivity contribution in [2.45, 2.75) is 72.8 Å². The molecule has 9 heteroatoms. The van der Waals surface area contributed by atoms with Gasteiger partial charge in [0.05, 0.1) is 5.56 Å². The Morgan fingerprint density at radius 1 is 1.23 bits per heavy atom. The van der Waals surface area contributed by atoms with Gasteiger partial charge in [0.25, 0.3) is 0 Å². The Hall–Kier alpha value is -2.08. The van der Waals surface area contributed by atoms with Gasteiger partial charge in [-0.25, -0.2) is 9.78 Å². The van der Waals surface area contributed by atoms with E-state index in [0.29, 0.717) is 31.1 Å². The number of hydrogen-bond donors (Lipinski definition) is 2. The first kappa shape index (κ1) is 27.0. The monoisotopic (exact) mass is 454 g/mol. The molecule has 2 atom stereocenters. The SMILES string of the molecule is CCOC(C#Cc1cnc(Cl)nc1NC(CNC(=O)OC(C)(C)C)[C@@H](C)CC)OCC. The zero-order valence-corrected chi connectivity index (χ0v) is 20.3. The molecule has 0 aromatic carbocycles. The van der Waals surface area contributed by atoms with Gasteiger partial charge in [-0.1, -0.05) is 26.2 Å². The molecule has 0 aliphatic rings. The van der Waals surface area contributed by atoms with Crippen LogP contribution in [0.2, 0.25) is 5.28 Å². The van der Waals surface area contributed by atoms with Crippen LogP contribution in [0.3, 0.4) is 0 Å². The van der Waals surface area contributed by atoms with Crippen LogP contribution in [0.25, 0.3) is 0 Å². The van der Waals surface area contributed by atoms with Crippen molar-refractivity contribution in [2.24, 2.45) is 5.92 Å². The number of aromatic nitrogens is 2. The quantitative estimate of drug-likeness (QED) is 0.310. The number of amides is 1. The number of rotatable bonds is 10. The summed E-state index contributed by atoms with van der Waals surface area (Å²) >= 11 is 6.03. The molecule has 1 amide bonds. The molecule has 1 aromatic rings. The van der Waals surface area contributed by atoms with Crippen LogP contribution in [-0.4, -0.2) is 53.8 Å². The second-order valence-electron chi connectivity index (χ2n) is 7.93. The van der Waals surface area contributed by atoms with E-state index in [4.69, 9.17) is 25.8 Å². The van der Waals surface area contributed by atoms with Gasteiger partial charge in [0.15, 0.2) is 0 Å². The molecule has 8 nitrogen and oxygen atoms in total. The highest BCUT2D eigenvalue weighted by atomic mass is 35.5. The highest BCUT2D eigenvalue weighted by Crippen LogP contribution is 2.18. The molecule has 0 bridgehead atoms. The summed E-state index contributed by atoms with van der Waals surface area (Å²) in [6, 6.07) is -0.126. The van der Waals surface area contributed by atoms with Crippen LogP contribution in [0.15, 0.2) is 6.20 Å². The number of hydrogen-bond acceptors (Lipinski definition) is 7. The smallest absolute Gasteiger partial charge is 0.407 e. The largest absolute Gasteiger partial charge is 0.444 e. The van der Waals surface area contributed by atoms with Crippen molar-refractivity contribution < 1.29 is 19.0 Å². The number of alkyl carbamates (subject to hydrolysis) is 1. The molecular formula is C22H35ClN4O4. The lowest BCUT2D eigenvalue weighted by Gasteiger charge is -2.26. The van der Waals surface area contributed by atoms with Gasteiger partial charge in [0, 0.05) is 32.0 Å². The molecule has 31 heavy (non-hydrogen) atoms. The zero-order chi connectivity index (χ0) is 23.4. The molecule has 1 aromatic heterocycles. The van der Waals surface area contributed by atoms with E-state index >= 15 is 0 Å². The third kappa shape index (κ3) is 10.7. The minimum absolute atomic E-state index is 0.0993. The van der Waals surface area contributed by atoms with Crippen molar-refractivity contribution in [3.05, 3.63) is 17.0 Å². The van der Waals surface area contributed by atoms with Gasteiger partial charge in [-0.05, 0) is 58.1 Å². The lowest BCUT2D eigenvalue weighted by molar-refractivity contribution is -0.0969. The van der Waals surface area contributed by atoms with Gasteiger partial charge in [-0.3, -0.25) is 0 Å². The molecule has 0 saturated heterocycles. The predicted octanol–water partition coefficient (Wildman–Crippen LogP) is 4.23. The molecule has 0 aliphatic heterocycles. The Labute approximate surface area is 190 Å². The Morgan fingerprint density at radius 2 is 1.87 bits per heavy atom. The van der Waals surface area contributed by atoms with Gasteiger partial charge >= 0.3 is 6.09 Å². The standard InChI is InChI=1S/C22H35ClN4O4/c1-8-15(4)17(14-25-21(28)31-22(5,6)7)26-19-16(13-24-20(23)27-19)11-12-18(29-9-2)30-10-3/h13,15,17-18H,8-10,14H2,1-7H3,(H,25,28)(H,24,26,27)/t15-,17?/m0/s1. The summed E-state index contributed by atoms with van der Waals surface area (Å²) in [5, 5.41) is 6.27. The molecule has 1 unspecified atom stereocenters. The molecule has 1 heterocycles. The van der Waals surface area contributed by atoms with Crippen molar-refractivity contribution in [2.75, 3.05) is 25.1 Å². The number of halogens is 1. The van der Waals surface area contributed by atoms with E-state index in [-0.39, 0.29) is 17.2 Å². The van der Waals surface area contributed by atoms with Gasteiger partial charge in [0.2, 0.25) is 11.6 Å². The maximum absolute atomic E-state index is 12.1. The van der Waals surface area contributed by atoms with Crippen molar-refractivity contribution in [1.29, 1.82) is 0 Å². The summed E-state index contributed by atoms with van der Waals surface area (Å²) in [4.78, 5) is 20.4. The molecule has 0 spiro atoms. The van der Waals surface area contributed by atoms with Gasteiger partial charge in [-0.15, -0.1) is 0 Å². The van der Waals surface area contributed by atoms with Crippen LogP contribution in [0, 0.1) is 17.8 Å². The van der Waals surface area contributed by atoms with E-state index in [1.54, 1.807) is 6.20 Å². The molecular weight excluding hydrogens is 420 g/mol. The fourth-order valence-corrected chi connectivity index (χ4v) is 2.63. The lowest BCUT2D eigenvalue weighted by Crippen LogP contribution is -2.42. The van der Waals surface area contributed by atoms with Gasteiger partial charge < -0.3 is 24.8 Å². The summed E-state index contributed by atoms with van der Waals surface area (Å²) in [5.41, 5.74) is -0.0105. The molecule has 0 aliphatic carbocycles. The van der Waals surface area contributed by atoms with Crippen LogP contribution < -0.4 is 10.6 Å². The van der Waals surface area contributed by atoms with Gasteiger partial charge in [0.1, 0.15) is 11.4 Å². The minimum atomic E-state index is -0.641. The van der Waals surface area contributed by atoms with E-state index in [1.165, 1.54) is 0 Å². The molecule has 1 rings (SSSR count). The average molecular weight is 455 g/mol. The summed E-state index contributed by atoms with van der Waals surface area (Å²) in [7, 11) is 0. The Bertz CT molecular complexity index is 752. The zero-order valence-electron chi connectivity index (χ0n) is 19.5. The first-order chi connectivity index (χ1) is 14.6. The maximum atomic E-state index is 12.1. The lowest BCUT2D eigenvalue weighted by atomic mass is 9.99. The van der Waals surface area contributed by atoms with Crippen LogP contribution in [0.5, 0.6) is 0 Å². The number of nitrogens with zero attached hydrogens (tertiary/aromatic N) is 2. The highest BCUT2D eigenvalue weighted by Gasteiger charge is 2.21. The van der Waals surface area contributed by atoms with Crippen molar-refractivity contribution in [3.63, 3.8) is 0 Å². The third-order valence-electron chi connectivity index (χ3n) is 4.24. The van der Waals surface area contributed by atoms with E-state index in [2.05, 4.69) is 46.3 Å². The van der Waals surface area contributed by atoms with Crippen molar-refractivity contribution in [3.8, 4) is 11.8 Å². The fraction of sp³-hybridized carbons (Fsp3) is 0.682. The van der Waals surface area contributed by atoms with E-state index in [0.717, 1.165) is 6.42 Å². The first-order valence-electron chi connectivity index (χ1n) is 10.6. The third-order valence-corrected chi connectivity index (χ3v) is 4.42. The molecule has 0 radical (unpaired) electrons. The Kier molecular flexibility index (Phi) is 11.6. The number of nitrogens with one attached hydrogen (secondary N) is 2. The number of anilines is 1. The second-order valence-corrected chi connectivity index (χ2v) is 8.27. The molecule has 2 N–H and O–H groups in total. The summed E-state index contributed by atoms with van der Waals surface area (Å²) < 4.78 is 16.3. The molecule has 174 valence electrons. The van der Waals surface area contributed by atoms with Crippen molar-refractivity contribution in [1.82, 2.24) is 15.3 Å². The number of carbonyl (C=O) groups excluding carboxylic acids is 1. The van der Waals surface area contributed by atoms with Crippen LogP contribution in [0.4, 0.5) is 10.6 Å². The van der Waals surface area contributed by atoms with E-state index < -0.39 is 18.0 Å². The minimum Gasteiger partial charge on any atom is -0.444 e. The van der Waals surface area contributed by atoms with Crippen LogP contribution in [0.1, 0.15) is 60.5 Å². The summed E-state index contributed by atoms with van der Waals surface area (Å²) in [5.74, 6) is 6.66. The average Bonchev–Trinajstić information content (AvgIpc) is 2.68. The maximum Gasteiger partial charge on any atom is 0.407 e. The summed E-state index contributed by atoms with van der Waals surface area (Å²) in [6.07, 6.45) is 1.33. The highest BCUT2D eigenvalue weighted by molar-refractivity contribution is 6.28. The van der Waals surface area contributed by atoms with E-state index in [1.807, 2.05) is 34.6 Å². The Balaban J connectivity index is 3.04.